The number of ether oxygens (including phenoxy) is 1. The van der Waals surface area contributed by atoms with Crippen LogP contribution in [0.3, 0.4) is 0 Å². The topological polar surface area (TPSA) is 157 Å². The molecule has 182 valence electrons. The fraction of sp³-hybridized carbons (Fsp3) is 0.292. The molecule has 0 unspecified atom stereocenters. The Balaban J connectivity index is 1.53. The first-order valence-corrected chi connectivity index (χ1v) is 12.3. The zero-order chi connectivity index (χ0) is 25.3. The minimum absolute atomic E-state index is 0.00638. The van der Waals surface area contributed by atoms with Crippen LogP contribution < -0.4 is 0 Å². The van der Waals surface area contributed by atoms with Gasteiger partial charge in [0.25, 0.3) is 0 Å². The zero-order valence-corrected chi connectivity index (χ0v) is 19.9. The second-order valence-electron chi connectivity index (χ2n) is 8.37. The third-order valence-corrected chi connectivity index (χ3v) is 7.84. The van der Waals surface area contributed by atoms with E-state index in [4.69, 9.17) is 4.74 Å². The van der Waals surface area contributed by atoms with Crippen LogP contribution in [0.4, 0.5) is 0 Å². The average molecular weight is 497 g/mol. The van der Waals surface area contributed by atoms with Gasteiger partial charge in [-0.1, -0.05) is 18.2 Å². The number of sulfonamides is 1. The summed E-state index contributed by atoms with van der Waals surface area (Å²) in [4.78, 5) is 20.0. The normalized spacial score (nSPS) is 19.4. The lowest BCUT2D eigenvalue weighted by Crippen LogP contribution is -2.41. The molecule has 4 rings (SSSR count). The van der Waals surface area contributed by atoms with E-state index in [0.717, 1.165) is 15.4 Å². The van der Waals surface area contributed by atoms with E-state index in [1.165, 1.54) is 12.1 Å². The van der Waals surface area contributed by atoms with Gasteiger partial charge in [-0.3, -0.25) is 4.79 Å². The van der Waals surface area contributed by atoms with Gasteiger partial charge in [0.15, 0.2) is 11.6 Å². The number of β-amino-alcohol motifs (C(OH)–C–C–N with tert-alkyl or cyclic N) is 1. The molecule has 2 aromatic carbocycles. The van der Waals surface area contributed by atoms with E-state index < -0.39 is 40.5 Å². The summed E-state index contributed by atoms with van der Waals surface area (Å²) in [7, 11) is -4.09. The number of fused-ring (bicyclic) bond motifs is 1. The molecule has 0 bridgehead atoms. The quantitative estimate of drug-likeness (QED) is 0.267. The lowest BCUT2D eigenvalue weighted by Gasteiger charge is -2.23. The van der Waals surface area contributed by atoms with Gasteiger partial charge in [0.2, 0.25) is 10.0 Å². The van der Waals surface area contributed by atoms with Crippen molar-refractivity contribution in [3.8, 4) is 6.07 Å². The molecule has 1 aromatic heterocycles. The monoisotopic (exact) mass is 496 g/mol. The van der Waals surface area contributed by atoms with E-state index >= 15 is 0 Å². The SMILES string of the molecule is Cc1ccc(S(=O)(=O)N2C[C@@H](O)C[C@@H]2C(=O)OCC(O)=C(C#N)c2nc3ccccc3[nH]2)cc1C. The molecule has 3 aromatic rings. The van der Waals surface area contributed by atoms with Gasteiger partial charge in [-0.05, 0) is 49.2 Å². The minimum atomic E-state index is -4.09. The largest absolute Gasteiger partial charge is 0.507 e. The number of nitrogens with one attached hydrogen (secondary N) is 1. The lowest BCUT2D eigenvalue weighted by atomic mass is 10.1. The molecule has 2 atom stereocenters. The fourth-order valence-corrected chi connectivity index (χ4v) is 5.62. The number of aliphatic hydroxyl groups is 2. The Morgan fingerprint density at radius 3 is 2.69 bits per heavy atom. The van der Waals surface area contributed by atoms with Crippen LogP contribution in [0.1, 0.15) is 23.4 Å². The average Bonchev–Trinajstić information content (AvgIpc) is 3.43. The number of para-hydroxylation sites is 2. The second-order valence-corrected chi connectivity index (χ2v) is 10.3. The summed E-state index contributed by atoms with van der Waals surface area (Å²) >= 11 is 0. The van der Waals surface area contributed by atoms with Crippen LogP contribution in [0.2, 0.25) is 0 Å². The number of carbonyl (C=O) groups is 1. The van der Waals surface area contributed by atoms with Crippen molar-refractivity contribution in [2.24, 2.45) is 0 Å². The highest BCUT2D eigenvalue weighted by Gasteiger charge is 2.44. The van der Waals surface area contributed by atoms with Crippen LogP contribution in [0.15, 0.2) is 53.1 Å². The molecule has 0 aliphatic carbocycles. The first kappa shape index (κ1) is 24.4. The van der Waals surface area contributed by atoms with E-state index in [0.29, 0.717) is 11.0 Å². The smallest absolute Gasteiger partial charge is 0.325 e. The molecule has 1 aliphatic heterocycles. The number of rotatable bonds is 6. The minimum Gasteiger partial charge on any atom is -0.507 e. The summed E-state index contributed by atoms with van der Waals surface area (Å²) in [6.07, 6.45) is -1.20. The Morgan fingerprint density at radius 1 is 1.26 bits per heavy atom. The number of aryl methyl sites for hydroxylation is 2. The number of H-pyrrole nitrogens is 1. The van der Waals surface area contributed by atoms with E-state index in [1.807, 2.05) is 13.0 Å². The molecular formula is C24H24N4O6S. The van der Waals surface area contributed by atoms with Crippen LogP contribution >= 0.6 is 0 Å². The van der Waals surface area contributed by atoms with E-state index in [1.54, 1.807) is 37.3 Å². The van der Waals surface area contributed by atoms with Crippen LogP contribution in [0.25, 0.3) is 16.6 Å². The first-order valence-electron chi connectivity index (χ1n) is 10.8. The summed E-state index contributed by atoms with van der Waals surface area (Å²) in [5.41, 5.74) is 2.73. The van der Waals surface area contributed by atoms with Gasteiger partial charge in [-0.25, -0.2) is 13.4 Å². The van der Waals surface area contributed by atoms with Crippen LogP contribution in [-0.2, 0) is 19.6 Å². The number of nitrogens with zero attached hydrogens (tertiary/aromatic N) is 3. The van der Waals surface area contributed by atoms with Crippen LogP contribution in [-0.4, -0.2) is 64.2 Å². The summed E-state index contributed by atoms with van der Waals surface area (Å²) < 4.78 is 32.5. The molecule has 1 saturated heterocycles. The summed E-state index contributed by atoms with van der Waals surface area (Å²) in [6.45, 7) is 2.71. The number of aliphatic hydroxyl groups excluding tert-OH is 2. The third-order valence-electron chi connectivity index (χ3n) is 5.97. The van der Waals surface area contributed by atoms with Crippen molar-refractivity contribution in [3.63, 3.8) is 0 Å². The first-order chi connectivity index (χ1) is 16.6. The number of aromatic amines is 1. The predicted octanol–water partition coefficient (Wildman–Crippen LogP) is 2.34. The molecule has 0 spiro atoms. The van der Waals surface area contributed by atoms with Gasteiger partial charge in [0.05, 0.1) is 22.0 Å². The molecule has 0 radical (unpaired) electrons. The number of esters is 1. The Morgan fingerprint density at radius 2 is 2.00 bits per heavy atom. The number of imidazole rings is 1. The highest BCUT2D eigenvalue weighted by Crippen LogP contribution is 2.28. The predicted molar refractivity (Wildman–Crippen MR) is 126 cm³/mol. The third kappa shape index (κ3) is 4.77. The van der Waals surface area contributed by atoms with Gasteiger partial charge in [0.1, 0.15) is 24.3 Å². The number of hydrogen-bond donors (Lipinski definition) is 3. The molecule has 0 saturated carbocycles. The van der Waals surface area contributed by atoms with Crippen LogP contribution in [0.5, 0.6) is 0 Å². The highest BCUT2D eigenvalue weighted by molar-refractivity contribution is 7.89. The maximum Gasteiger partial charge on any atom is 0.325 e. The molecule has 2 heterocycles. The molecule has 10 nitrogen and oxygen atoms in total. The molecular weight excluding hydrogens is 472 g/mol. The molecule has 3 N–H and O–H groups in total. The summed E-state index contributed by atoms with van der Waals surface area (Å²) in [5, 5.41) is 30.1. The van der Waals surface area contributed by atoms with Gasteiger partial charge in [-0.15, -0.1) is 0 Å². The lowest BCUT2D eigenvalue weighted by molar-refractivity contribution is -0.147. The van der Waals surface area contributed by atoms with Crippen molar-refractivity contribution in [1.82, 2.24) is 14.3 Å². The number of hydrogen-bond acceptors (Lipinski definition) is 8. The highest BCUT2D eigenvalue weighted by atomic mass is 32.2. The van der Waals surface area contributed by atoms with Crippen molar-refractivity contribution in [2.45, 2.75) is 37.3 Å². The number of aromatic nitrogens is 2. The second kappa shape index (κ2) is 9.50. The summed E-state index contributed by atoms with van der Waals surface area (Å²) in [5.74, 6) is -1.37. The van der Waals surface area contributed by atoms with E-state index in [-0.39, 0.29) is 29.3 Å². The molecule has 1 fully saturated rings. The molecule has 1 aliphatic rings. The Bertz CT molecular complexity index is 1440. The zero-order valence-electron chi connectivity index (χ0n) is 19.1. The molecule has 35 heavy (non-hydrogen) atoms. The van der Waals surface area contributed by atoms with Crippen LogP contribution in [0, 0.1) is 25.2 Å². The molecule has 11 heteroatoms. The van der Waals surface area contributed by atoms with Crippen molar-refractivity contribution < 1.29 is 28.2 Å². The van der Waals surface area contributed by atoms with E-state index in [9.17, 15) is 28.7 Å². The number of carbonyl (C=O) groups excluding carboxylic acids is 1. The van der Waals surface area contributed by atoms with Crippen molar-refractivity contribution >= 4 is 32.6 Å². The van der Waals surface area contributed by atoms with Gasteiger partial charge in [-0.2, -0.15) is 9.57 Å². The Labute approximate surface area is 202 Å². The maximum absolute atomic E-state index is 13.2. The Hall–Kier alpha value is -3.72. The number of nitriles is 1. The number of benzene rings is 2. The van der Waals surface area contributed by atoms with E-state index in [2.05, 4.69) is 9.97 Å². The summed E-state index contributed by atoms with van der Waals surface area (Å²) in [6, 6.07) is 12.3. The number of allylic oxidation sites excluding steroid dienone is 1. The standard InChI is InChI=1S/C24H24N4O6S/c1-14-7-8-17(9-15(14)2)35(32,33)28-12-16(29)10-21(28)24(31)34-13-22(30)18(11-25)23-26-19-5-3-4-6-20(19)27-23/h3-9,16,21,29-30H,10,12-13H2,1-2H3,(H,26,27)/t16-,21+/m0/s1. The van der Waals surface area contributed by atoms with Crippen molar-refractivity contribution in [1.29, 1.82) is 5.26 Å². The van der Waals surface area contributed by atoms with Gasteiger partial charge < -0.3 is 19.9 Å². The van der Waals surface area contributed by atoms with Gasteiger partial charge in [0, 0.05) is 13.0 Å². The fourth-order valence-electron chi connectivity index (χ4n) is 3.91. The maximum atomic E-state index is 13.2. The Kier molecular flexibility index (Phi) is 6.62. The molecule has 0 amide bonds. The van der Waals surface area contributed by atoms with Crippen molar-refractivity contribution in [3.05, 3.63) is 65.2 Å². The van der Waals surface area contributed by atoms with Gasteiger partial charge >= 0.3 is 5.97 Å². The van der Waals surface area contributed by atoms with Crippen molar-refractivity contribution in [2.75, 3.05) is 13.2 Å².